The van der Waals surface area contributed by atoms with Crippen LogP contribution in [0.15, 0.2) is 18.3 Å². The Kier molecular flexibility index (Phi) is 3.98. The van der Waals surface area contributed by atoms with Crippen LogP contribution in [0.4, 0.5) is 5.69 Å². The quantitative estimate of drug-likeness (QED) is 0.866. The third-order valence-electron chi connectivity index (χ3n) is 3.52. The van der Waals surface area contributed by atoms with Gasteiger partial charge in [-0.15, -0.1) is 0 Å². The summed E-state index contributed by atoms with van der Waals surface area (Å²) in [6.45, 7) is 3.37. The third-order valence-corrected chi connectivity index (χ3v) is 3.52. The first kappa shape index (κ1) is 11.9. The maximum Gasteiger partial charge on any atom is 0.140 e. The Morgan fingerprint density at radius 2 is 2.35 bits per heavy atom. The molecule has 0 aliphatic heterocycles. The second-order valence-corrected chi connectivity index (χ2v) is 5.06. The zero-order valence-corrected chi connectivity index (χ0v) is 10.3. The number of nitriles is 1. The maximum absolute atomic E-state index is 8.66. The standard InChI is InChI=1S/C14H19N3/c1-11-3-2-4-12(7-11)9-16-14-6-5-13(8-15)17-10-14/h5-6,10-12,16H,2-4,7,9H2,1H3. The summed E-state index contributed by atoms with van der Waals surface area (Å²) in [7, 11) is 0. The maximum atomic E-state index is 8.66. The molecule has 90 valence electrons. The van der Waals surface area contributed by atoms with Gasteiger partial charge in [0.25, 0.3) is 0 Å². The second-order valence-electron chi connectivity index (χ2n) is 5.06. The highest BCUT2D eigenvalue weighted by Crippen LogP contribution is 2.28. The van der Waals surface area contributed by atoms with E-state index in [-0.39, 0.29) is 0 Å². The van der Waals surface area contributed by atoms with E-state index in [4.69, 9.17) is 5.26 Å². The zero-order chi connectivity index (χ0) is 12.1. The van der Waals surface area contributed by atoms with Gasteiger partial charge in [-0.05, 0) is 36.8 Å². The van der Waals surface area contributed by atoms with E-state index in [1.54, 1.807) is 12.3 Å². The summed E-state index contributed by atoms with van der Waals surface area (Å²) >= 11 is 0. The monoisotopic (exact) mass is 229 g/mol. The summed E-state index contributed by atoms with van der Waals surface area (Å²) in [5.41, 5.74) is 1.49. The van der Waals surface area contributed by atoms with Gasteiger partial charge in [0, 0.05) is 6.54 Å². The van der Waals surface area contributed by atoms with Crippen LogP contribution < -0.4 is 5.32 Å². The Bertz CT molecular complexity index is 391. The highest BCUT2D eigenvalue weighted by atomic mass is 14.9. The summed E-state index contributed by atoms with van der Waals surface area (Å²) in [5.74, 6) is 1.66. The first-order valence-electron chi connectivity index (χ1n) is 6.38. The van der Waals surface area contributed by atoms with Crippen molar-refractivity contribution in [2.75, 3.05) is 11.9 Å². The number of anilines is 1. The molecule has 1 N–H and O–H groups in total. The molecule has 0 aromatic carbocycles. The van der Waals surface area contributed by atoms with Gasteiger partial charge in [-0.1, -0.05) is 19.8 Å². The molecule has 0 spiro atoms. The number of pyridine rings is 1. The van der Waals surface area contributed by atoms with Crippen LogP contribution in [0.3, 0.4) is 0 Å². The van der Waals surface area contributed by atoms with E-state index in [0.717, 1.165) is 24.1 Å². The summed E-state index contributed by atoms with van der Waals surface area (Å²) in [6.07, 6.45) is 7.15. The highest BCUT2D eigenvalue weighted by Gasteiger charge is 2.18. The van der Waals surface area contributed by atoms with Crippen LogP contribution in [0.5, 0.6) is 0 Å². The van der Waals surface area contributed by atoms with Gasteiger partial charge in [-0.2, -0.15) is 5.26 Å². The number of nitrogens with one attached hydrogen (secondary N) is 1. The van der Waals surface area contributed by atoms with Crippen molar-refractivity contribution >= 4 is 5.69 Å². The molecular weight excluding hydrogens is 210 g/mol. The lowest BCUT2D eigenvalue weighted by Crippen LogP contribution is -2.21. The van der Waals surface area contributed by atoms with Crippen LogP contribution in [0.2, 0.25) is 0 Å². The Labute approximate surface area is 103 Å². The molecule has 1 saturated carbocycles. The average molecular weight is 229 g/mol. The smallest absolute Gasteiger partial charge is 0.140 e. The fourth-order valence-corrected chi connectivity index (χ4v) is 2.57. The molecule has 0 radical (unpaired) electrons. The first-order chi connectivity index (χ1) is 8.28. The number of rotatable bonds is 3. The lowest BCUT2D eigenvalue weighted by Gasteiger charge is -2.27. The summed E-state index contributed by atoms with van der Waals surface area (Å²) in [4.78, 5) is 4.05. The summed E-state index contributed by atoms with van der Waals surface area (Å²) in [5, 5.41) is 12.1. The Hall–Kier alpha value is -1.56. The van der Waals surface area contributed by atoms with E-state index in [0.29, 0.717) is 5.69 Å². The van der Waals surface area contributed by atoms with Gasteiger partial charge in [0.05, 0.1) is 11.9 Å². The van der Waals surface area contributed by atoms with Gasteiger partial charge in [-0.3, -0.25) is 0 Å². The molecule has 17 heavy (non-hydrogen) atoms. The number of nitrogens with zero attached hydrogens (tertiary/aromatic N) is 2. The minimum Gasteiger partial charge on any atom is -0.384 e. The van der Waals surface area contributed by atoms with Crippen LogP contribution in [0.1, 0.15) is 38.3 Å². The first-order valence-corrected chi connectivity index (χ1v) is 6.38. The molecule has 1 aromatic rings. The van der Waals surface area contributed by atoms with Crippen molar-refractivity contribution in [2.24, 2.45) is 11.8 Å². The van der Waals surface area contributed by atoms with Gasteiger partial charge < -0.3 is 5.32 Å². The molecule has 2 unspecified atom stereocenters. The fraction of sp³-hybridized carbons (Fsp3) is 0.571. The normalized spacial score (nSPS) is 24.0. The number of hydrogen-bond acceptors (Lipinski definition) is 3. The molecule has 0 amide bonds. The van der Waals surface area contributed by atoms with Gasteiger partial charge in [0.15, 0.2) is 0 Å². The van der Waals surface area contributed by atoms with Crippen molar-refractivity contribution in [1.82, 2.24) is 4.98 Å². The topological polar surface area (TPSA) is 48.7 Å². The number of aromatic nitrogens is 1. The molecule has 1 aliphatic rings. The summed E-state index contributed by atoms with van der Waals surface area (Å²) in [6, 6.07) is 5.71. The predicted molar refractivity (Wildman–Crippen MR) is 68.6 cm³/mol. The van der Waals surface area contributed by atoms with E-state index >= 15 is 0 Å². The molecule has 1 aliphatic carbocycles. The van der Waals surface area contributed by atoms with E-state index in [9.17, 15) is 0 Å². The van der Waals surface area contributed by atoms with Gasteiger partial charge in [0.2, 0.25) is 0 Å². The molecule has 3 heteroatoms. The van der Waals surface area contributed by atoms with Crippen LogP contribution in [-0.2, 0) is 0 Å². The molecule has 1 aromatic heterocycles. The Balaban J connectivity index is 1.83. The van der Waals surface area contributed by atoms with E-state index in [1.807, 2.05) is 12.1 Å². The highest BCUT2D eigenvalue weighted by molar-refractivity contribution is 5.42. The van der Waals surface area contributed by atoms with Crippen molar-refractivity contribution < 1.29 is 0 Å². The molecular formula is C14H19N3. The fourth-order valence-electron chi connectivity index (χ4n) is 2.57. The lowest BCUT2D eigenvalue weighted by atomic mass is 9.82. The van der Waals surface area contributed by atoms with Crippen LogP contribution in [-0.4, -0.2) is 11.5 Å². The van der Waals surface area contributed by atoms with Crippen molar-refractivity contribution in [3.8, 4) is 6.07 Å². The van der Waals surface area contributed by atoms with Crippen molar-refractivity contribution in [2.45, 2.75) is 32.6 Å². The minimum atomic E-state index is 0.474. The van der Waals surface area contributed by atoms with Crippen LogP contribution >= 0.6 is 0 Å². The van der Waals surface area contributed by atoms with Gasteiger partial charge >= 0.3 is 0 Å². The van der Waals surface area contributed by atoms with Crippen molar-refractivity contribution in [1.29, 1.82) is 5.26 Å². The average Bonchev–Trinajstić information content (AvgIpc) is 2.37. The second kappa shape index (κ2) is 5.67. The lowest BCUT2D eigenvalue weighted by molar-refractivity contribution is 0.293. The third kappa shape index (κ3) is 3.45. The molecule has 2 atom stereocenters. The molecule has 3 nitrogen and oxygen atoms in total. The van der Waals surface area contributed by atoms with Crippen molar-refractivity contribution in [3.63, 3.8) is 0 Å². The zero-order valence-electron chi connectivity index (χ0n) is 10.3. The van der Waals surface area contributed by atoms with Crippen molar-refractivity contribution in [3.05, 3.63) is 24.0 Å². The number of hydrogen-bond donors (Lipinski definition) is 1. The molecule has 0 saturated heterocycles. The van der Waals surface area contributed by atoms with Crippen LogP contribution in [0.25, 0.3) is 0 Å². The van der Waals surface area contributed by atoms with E-state index in [2.05, 4.69) is 17.2 Å². The molecule has 1 heterocycles. The minimum absolute atomic E-state index is 0.474. The largest absolute Gasteiger partial charge is 0.384 e. The van der Waals surface area contributed by atoms with E-state index < -0.39 is 0 Å². The predicted octanol–water partition coefficient (Wildman–Crippen LogP) is 3.19. The molecule has 0 bridgehead atoms. The van der Waals surface area contributed by atoms with Gasteiger partial charge in [-0.25, -0.2) is 4.98 Å². The Morgan fingerprint density at radius 1 is 1.47 bits per heavy atom. The summed E-state index contributed by atoms with van der Waals surface area (Å²) < 4.78 is 0. The Morgan fingerprint density at radius 3 is 3.00 bits per heavy atom. The van der Waals surface area contributed by atoms with Gasteiger partial charge in [0.1, 0.15) is 11.8 Å². The van der Waals surface area contributed by atoms with E-state index in [1.165, 1.54) is 25.7 Å². The molecule has 1 fully saturated rings. The van der Waals surface area contributed by atoms with Crippen LogP contribution in [0, 0.1) is 23.2 Å². The SMILES string of the molecule is CC1CCCC(CNc2ccc(C#N)nc2)C1. The molecule has 2 rings (SSSR count).